The van der Waals surface area contributed by atoms with Crippen molar-refractivity contribution in [1.29, 1.82) is 0 Å². The highest BCUT2D eigenvalue weighted by atomic mass is 32.1. The zero-order chi connectivity index (χ0) is 12.5. The number of nitrogens with zero attached hydrogens (tertiary/aromatic N) is 2. The predicted molar refractivity (Wildman–Crippen MR) is 71.6 cm³/mol. The molecule has 0 fully saturated rings. The number of ether oxygens (including phenoxy) is 2. The van der Waals surface area contributed by atoms with Crippen molar-refractivity contribution in [1.82, 2.24) is 9.38 Å². The van der Waals surface area contributed by atoms with Gasteiger partial charge in [0.2, 0.25) is 0 Å². The van der Waals surface area contributed by atoms with Gasteiger partial charge >= 0.3 is 0 Å². The molecule has 2 aromatic heterocycles. The molecule has 18 heavy (non-hydrogen) atoms. The third-order valence-corrected chi connectivity index (χ3v) is 3.68. The molecule has 92 valence electrons. The molecule has 0 aliphatic carbocycles. The molecule has 0 saturated heterocycles. The molecule has 4 nitrogen and oxygen atoms in total. The summed E-state index contributed by atoms with van der Waals surface area (Å²) in [5.41, 5.74) is 2.11. The van der Waals surface area contributed by atoms with Crippen LogP contribution in [0.3, 0.4) is 0 Å². The summed E-state index contributed by atoms with van der Waals surface area (Å²) in [6, 6.07) is 5.81. The maximum absolute atomic E-state index is 5.43. The molecule has 3 aromatic rings. The van der Waals surface area contributed by atoms with Crippen molar-refractivity contribution in [2.75, 3.05) is 14.2 Å². The molecule has 0 spiro atoms. The molecule has 0 atom stereocenters. The van der Waals surface area contributed by atoms with Crippen LogP contribution in [-0.2, 0) is 0 Å². The molecular weight excluding hydrogens is 248 g/mol. The van der Waals surface area contributed by atoms with Gasteiger partial charge in [-0.25, -0.2) is 4.98 Å². The predicted octanol–water partition coefficient (Wildman–Crippen LogP) is 3.08. The summed E-state index contributed by atoms with van der Waals surface area (Å²) in [6.07, 6.45) is 3.75. The Kier molecular flexibility index (Phi) is 2.68. The Hall–Kier alpha value is -2.01. The summed E-state index contributed by atoms with van der Waals surface area (Å²) in [5.74, 6) is 1.58. The lowest BCUT2D eigenvalue weighted by Crippen LogP contribution is -1.92. The van der Waals surface area contributed by atoms with Crippen molar-refractivity contribution in [3.8, 4) is 22.8 Å². The van der Waals surface area contributed by atoms with E-state index in [9.17, 15) is 0 Å². The van der Waals surface area contributed by atoms with Crippen LogP contribution >= 0.6 is 11.3 Å². The van der Waals surface area contributed by atoms with Gasteiger partial charge < -0.3 is 9.47 Å². The highest BCUT2D eigenvalue weighted by Crippen LogP contribution is 2.35. The molecule has 5 heteroatoms. The van der Waals surface area contributed by atoms with Gasteiger partial charge in [0.25, 0.3) is 0 Å². The van der Waals surface area contributed by atoms with Crippen LogP contribution in [0.4, 0.5) is 0 Å². The summed E-state index contributed by atoms with van der Waals surface area (Å²) in [5, 5.41) is 2.08. The number of benzene rings is 1. The van der Waals surface area contributed by atoms with Crippen LogP contribution < -0.4 is 9.47 Å². The van der Waals surface area contributed by atoms with Crippen LogP contribution in [0.5, 0.6) is 11.5 Å². The Morgan fingerprint density at radius 3 is 2.89 bits per heavy atom. The molecule has 0 saturated carbocycles. The molecule has 3 rings (SSSR count). The smallest absolute Gasteiger partial charge is 0.194 e. The average Bonchev–Trinajstić information content (AvgIpc) is 3.00. The topological polar surface area (TPSA) is 35.8 Å². The summed E-state index contributed by atoms with van der Waals surface area (Å²) < 4.78 is 12.7. The number of imidazole rings is 1. The second-order valence-electron chi connectivity index (χ2n) is 3.77. The number of hydrogen-bond acceptors (Lipinski definition) is 4. The Labute approximate surface area is 108 Å². The molecule has 0 bridgehead atoms. The minimum Gasteiger partial charge on any atom is -0.497 e. The lowest BCUT2D eigenvalue weighted by molar-refractivity contribution is 0.395. The minimum absolute atomic E-state index is 0.785. The lowest BCUT2D eigenvalue weighted by Gasteiger charge is -2.09. The van der Waals surface area contributed by atoms with E-state index in [-0.39, 0.29) is 0 Å². The summed E-state index contributed by atoms with van der Waals surface area (Å²) >= 11 is 1.61. The SMILES string of the molecule is COc1ccc(-c2csc3nccn23)c(OC)c1. The molecule has 0 aliphatic rings. The van der Waals surface area contributed by atoms with E-state index in [1.165, 1.54) is 0 Å². The number of rotatable bonds is 3. The quantitative estimate of drug-likeness (QED) is 0.726. The van der Waals surface area contributed by atoms with Crippen molar-refractivity contribution >= 4 is 16.3 Å². The van der Waals surface area contributed by atoms with E-state index in [4.69, 9.17) is 9.47 Å². The number of aromatic nitrogens is 2. The van der Waals surface area contributed by atoms with Crippen LogP contribution in [0.1, 0.15) is 0 Å². The average molecular weight is 260 g/mol. The molecule has 0 radical (unpaired) electrons. The standard InChI is InChI=1S/C13H12N2O2S/c1-16-9-3-4-10(12(7-9)17-2)11-8-18-13-14-5-6-15(11)13/h3-8H,1-2H3. The van der Waals surface area contributed by atoms with E-state index in [0.29, 0.717) is 0 Å². The van der Waals surface area contributed by atoms with Crippen LogP contribution in [0.15, 0.2) is 36.0 Å². The van der Waals surface area contributed by atoms with Crippen LogP contribution in [0.25, 0.3) is 16.2 Å². The lowest BCUT2D eigenvalue weighted by atomic mass is 10.1. The molecule has 0 amide bonds. The zero-order valence-corrected chi connectivity index (χ0v) is 10.9. The van der Waals surface area contributed by atoms with Crippen LogP contribution in [0, 0.1) is 0 Å². The van der Waals surface area contributed by atoms with E-state index in [2.05, 4.69) is 14.8 Å². The van der Waals surface area contributed by atoms with E-state index in [1.54, 1.807) is 31.8 Å². The van der Waals surface area contributed by atoms with Crippen molar-refractivity contribution in [3.05, 3.63) is 36.0 Å². The third-order valence-electron chi connectivity index (χ3n) is 2.83. The first kappa shape index (κ1) is 11.1. The monoisotopic (exact) mass is 260 g/mol. The first-order valence-electron chi connectivity index (χ1n) is 5.46. The Morgan fingerprint density at radius 1 is 1.22 bits per heavy atom. The highest BCUT2D eigenvalue weighted by Gasteiger charge is 2.12. The Balaban J connectivity index is 2.19. The van der Waals surface area contributed by atoms with Gasteiger partial charge in [0.05, 0.1) is 19.9 Å². The fourth-order valence-corrected chi connectivity index (χ4v) is 2.78. The maximum Gasteiger partial charge on any atom is 0.194 e. The normalized spacial score (nSPS) is 10.8. The first-order valence-corrected chi connectivity index (χ1v) is 6.34. The van der Waals surface area contributed by atoms with E-state index in [1.807, 2.05) is 24.4 Å². The molecule has 1 aromatic carbocycles. The first-order chi connectivity index (χ1) is 8.83. The largest absolute Gasteiger partial charge is 0.497 e. The summed E-state index contributed by atoms with van der Waals surface area (Å²) in [7, 11) is 3.31. The van der Waals surface area contributed by atoms with Crippen molar-refractivity contribution in [3.63, 3.8) is 0 Å². The fourth-order valence-electron chi connectivity index (χ4n) is 1.93. The van der Waals surface area contributed by atoms with Crippen molar-refractivity contribution in [2.24, 2.45) is 0 Å². The Morgan fingerprint density at radius 2 is 2.11 bits per heavy atom. The van der Waals surface area contributed by atoms with Gasteiger partial charge in [-0.05, 0) is 12.1 Å². The fraction of sp³-hybridized carbons (Fsp3) is 0.154. The molecule has 0 aliphatic heterocycles. The number of fused-ring (bicyclic) bond motifs is 1. The number of thiazole rings is 1. The van der Waals surface area contributed by atoms with Gasteiger partial charge in [-0.15, -0.1) is 11.3 Å². The maximum atomic E-state index is 5.43. The molecule has 2 heterocycles. The van der Waals surface area contributed by atoms with Gasteiger partial charge in [0.15, 0.2) is 4.96 Å². The number of hydrogen-bond donors (Lipinski definition) is 0. The van der Waals surface area contributed by atoms with Gasteiger partial charge in [-0.2, -0.15) is 0 Å². The number of methoxy groups -OCH3 is 2. The highest BCUT2D eigenvalue weighted by molar-refractivity contribution is 7.15. The van der Waals surface area contributed by atoms with Gasteiger partial charge in [0.1, 0.15) is 11.5 Å². The van der Waals surface area contributed by atoms with E-state index in [0.717, 1.165) is 27.7 Å². The van der Waals surface area contributed by atoms with Gasteiger partial charge in [-0.3, -0.25) is 4.40 Å². The van der Waals surface area contributed by atoms with Crippen molar-refractivity contribution < 1.29 is 9.47 Å². The summed E-state index contributed by atoms with van der Waals surface area (Å²) in [6.45, 7) is 0. The zero-order valence-electron chi connectivity index (χ0n) is 10.1. The van der Waals surface area contributed by atoms with Crippen molar-refractivity contribution in [2.45, 2.75) is 0 Å². The van der Waals surface area contributed by atoms with Gasteiger partial charge in [0, 0.05) is 29.4 Å². The third kappa shape index (κ3) is 1.64. The second-order valence-corrected chi connectivity index (χ2v) is 4.60. The summed E-state index contributed by atoms with van der Waals surface area (Å²) in [4.78, 5) is 5.24. The second kappa shape index (κ2) is 4.34. The minimum atomic E-state index is 0.785. The molecule has 0 unspecified atom stereocenters. The molecular formula is C13H12N2O2S. The van der Waals surface area contributed by atoms with Crippen LogP contribution in [0.2, 0.25) is 0 Å². The molecule has 0 N–H and O–H groups in total. The van der Waals surface area contributed by atoms with Crippen LogP contribution in [-0.4, -0.2) is 23.6 Å². The van der Waals surface area contributed by atoms with E-state index < -0.39 is 0 Å². The van der Waals surface area contributed by atoms with E-state index >= 15 is 0 Å². The Bertz CT molecular complexity index is 687. The van der Waals surface area contributed by atoms with Gasteiger partial charge in [-0.1, -0.05) is 0 Å².